The van der Waals surface area contributed by atoms with Crippen LogP contribution in [0.15, 0.2) is 12.3 Å². The van der Waals surface area contributed by atoms with Crippen LogP contribution in [0.1, 0.15) is 27.2 Å². The molecular weight excluding hydrogens is 152 g/mol. The number of ether oxygens (including phenoxy) is 1. The third-order valence-corrected chi connectivity index (χ3v) is 2.42. The van der Waals surface area contributed by atoms with Crippen molar-refractivity contribution in [1.82, 2.24) is 0 Å². The fourth-order valence-electron chi connectivity index (χ4n) is 1.60. The third-order valence-electron chi connectivity index (χ3n) is 2.42. The zero-order chi connectivity index (χ0) is 9.30. The molecule has 0 aromatic rings. The van der Waals surface area contributed by atoms with Crippen LogP contribution in [-0.4, -0.2) is 17.3 Å². The summed E-state index contributed by atoms with van der Waals surface area (Å²) >= 11 is 0. The Morgan fingerprint density at radius 2 is 2.17 bits per heavy atom. The molecule has 3 atom stereocenters. The highest BCUT2D eigenvalue weighted by atomic mass is 16.5. The molecule has 0 amide bonds. The summed E-state index contributed by atoms with van der Waals surface area (Å²) in [5.74, 6) is 1.34. The molecule has 70 valence electrons. The molecule has 1 aliphatic heterocycles. The molecule has 1 fully saturated rings. The Kier molecular flexibility index (Phi) is 2.78. The first kappa shape index (κ1) is 9.59. The van der Waals surface area contributed by atoms with E-state index in [0.717, 1.165) is 6.42 Å². The molecule has 1 rings (SSSR count). The van der Waals surface area contributed by atoms with Crippen LogP contribution in [0.4, 0.5) is 0 Å². The zero-order valence-electron chi connectivity index (χ0n) is 8.08. The molecule has 1 N–H and O–H groups in total. The highest BCUT2D eigenvalue weighted by Crippen LogP contribution is 2.31. The van der Waals surface area contributed by atoms with Crippen molar-refractivity contribution in [3.05, 3.63) is 12.3 Å². The first-order valence-corrected chi connectivity index (χ1v) is 4.56. The van der Waals surface area contributed by atoms with Crippen molar-refractivity contribution in [2.24, 2.45) is 11.8 Å². The average Bonchev–Trinajstić information content (AvgIpc) is 2.17. The van der Waals surface area contributed by atoms with Gasteiger partial charge in [0.05, 0.1) is 0 Å². The van der Waals surface area contributed by atoms with Crippen molar-refractivity contribution in [1.29, 1.82) is 0 Å². The lowest BCUT2D eigenvalue weighted by Gasteiger charge is -2.16. The Balaban J connectivity index is 2.53. The summed E-state index contributed by atoms with van der Waals surface area (Å²) in [7, 11) is 0. The van der Waals surface area contributed by atoms with E-state index in [9.17, 15) is 5.11 Å². The minimum absolute atomic E-state index is 0.160. The summed E-state index contributed by atoms with van der Waals surface area (Å²) in [4.78, 5) is 0. The zero-order valence-corrected chi connectivity index (χ0v) is 8.08. The Morgan fingerprint density at radius 3 is 2.50 bits per heavy atom. The fourth-order valence-corrected chi connectivity index (χ4v) is 1.60. The van der Waals surface area contributed by atoms with Crippen molar-refractivity contribution in [3.63, 3.8) is 0 Å². The van der Waals surface area contributed by atoms with Gasteiger partial charge in [-0.3, -0.25) is 0 Å². The number of hydrogen-bond donors (Lipinski definition) is 1. The summed E-state index contributed by atoms with van der Waals surface area (Å²) in [6, 6.07) is 0. The van der Waals surface area contributed by atoms with Gasteiger partial charge in [0.2, 0.25) is 0 Å². The Bertz CT molecular complexity index is 175. The van der Waals surface area contributed by atoms with E-state index in [2.05, 4.69) is 20.4 Å². The van der Waals surface area contributed by atoms with Crippen LogP contribution in [0.3, 0.4) is 0 Å². The van der Waals surface area contributed by atoms with E-state index < -0.39 is 6.10 Å². The normalized spacial score (nSPS) is 35.8. The standard InChI is InChI=1S/C10H18O2/c1-6(2)5-9-7(3)10(11)8(4)12-9/h6-7,9-11H,4-5H2,1-3H3/t7-,9-,10+/m1/s1. The lowest BCUT2D eigenvalue weighted by atomic mass is 9.94. The van der Waals surface area contributed by atoms with Gasteiger partial charge < -0.3 is 9.84 Å². The second-order valence-electron chi connectivity index (χ2n) is 4.06. The highest BCUT2D eigenvalue weighted by Gasteiger charge is 2.36. The molecule has 0 bridgehead atoms. The van der Waals surface area contributed by atoms with E-state index in [-0.39, 0.29) is 12.0 Å². The van der Waals surface area contributed by atoms with Gasteiger partial charge in [-0.05, 0) is 12.3 Å². The Morgan fingerprint density at radius 1 is 1.58 bits per heavy atom. The van der Waals surface area contributed by atoms with Gasteiger partial charge in [0, 0.05) is 5.92 Å². The maximum Gasteiger partial charge on any atom is 0.118 e. The molecule has 12 heavy (non-hydrogen) atoms. The lowest BCUT2D eigenvalue weighted by Crippen LogP contribution is -2.21. The molecule has 0 aromatic carbocycles. The minimum Gasteiger partial charge on any atom is -0.492 e. The van der Waals surface area contributed by atoms with Gasteiger partial charge in [0.25, 0.3) is 0 Å². The van der Waals surface area contributed by atoms with Gasteiger partial charge in [0.1, 0.15) is 18.0 Å². The summed E-state index contributed by atoms with van der Waals surface area (Å²) in [5.41, 5.74) is 0. The van der Waals surface area contributed by atoms with Gasteiger partial charge in [-0.2, -0.15) is 0 Å². The van der Waals surface area contributed by atoms with E-state index in [0.29, 0.717) is 11.7 Å². The highest BCUT2D eigenvalue weighted by molar-refractivity contribution is 5.03. The SMILES string of the molecule is C=C1O[C@H](CC(C)C)[C@@H](C)[C@@H]1O. The maximum atomic E-state index is 9.52. The van der Waals surface area contributed by atoms with Crippen molar-refractivity contribution < 1.29 is 9.84 Å². The summed E-state index contributed by atoms with van der Waals surface area (Å²) in [6.07, 6.45) is 0.693. The van der Waals surface area contributed by atoms with Crippen LogP contribution in [0.5, 0.6) is 0 Å². The van der Waals surface area contributed by atoms with E-state index in [1.807, 2.05) is 6.92 Å². The van der Waals surface area contributed by atoms with Crippen molar-refractivity contribution in [3.8, 4) is 0 Å². The van der Waals surface area contributed by atoms with E-state index >= 15 is 0 Å². The van der Waals surface area contributed by atoms with Gasteiger partial charge in [-0.1, -0.05) is 27.4 Å². The van der Waals surface area contributed by atoms with Gasteiger partial charge in [-0.25, -0.2) is 0 Å². The average molecular weight is 170 g/mol. The molecule has 0 aromatic heterocycles. The smallest absolute Gasteiger partial charge is 0.118 e. The maximum absolute atomic E-state index is 9.52. The largest absolute Gasteiger partial charge is 0.492 e. The predicted octanol–water partition coefficient (Wildman–Crippen LogP) is 1.94. The molecule has 0 spiro atoms. The number of aliphatic hydroxyl groups excluding tert-OH is 1. The summed E-state index contributed by atoms with van der Waals surface area (Å²) in [6.45, 7) is 9.99. The van der Waals surface area contributed by atoms with Crippen molar-refractivity contribution >= 4 is 0 Å². The minimum atomic E-state index is -0.464. The van der Waals surface area contributed by atoms with Crippen LogP contribution >= 0.6 is 0 Å². The summed E-state index contributed by atoms with van der Waals surface area (Å²) < 4.78 is 5.45. The number of aliphatic hydroxyl groups is 1. The Labute approximate surface area is 74.2 Å². The molecule has 1 saturated heterocycles. The second-order valence-corrected chi connectivity index (χ2v) is 4.06. The molecule has 2 heteroatoms. The summed E-state index contributed by atoms with van der Waals surface area (Å²) in [5, 5.41) is 9.52. The molecular formula is C10H18O2. The number of rotatable bonds is 2. The molecule has 1 heterocycles. The van der Waals surface area contributed by atoms with Crippen molar-refractivity contribution in [2.45, 2.75) is 39.4 Å². The Hall–Kier alpha value is -0.500. The van der Waals surface area contributed by atoms with E-state index in [4.69, 9.17) is 4.74 Å². The van der Waals surface area contributed by atoms with Gasteiger partial charge in [-0.15, -0.1) is 0 Å². The molecule has 1 aliphatic rings. The fraction of sp³-hybridized carbons (Fsp3) is 0.800. The van der Waals surface area contributed by atoms with E-state index in [1.165, 1.54) is 0 Å². The van der Waals surface area contributed by atoms with Crippen LogP contribution in [-0.2, 0) is 4.74 Å². The third kappa shape index (κ3) is 1.81. The van der Waals surface area contributed by atoms with Gasteiger partial charge in [0.15, 0.2) is 0 Å². The second kappa shape index (κ2) is 3.48. The van der Waals surface area contributed by atoms with Crippen LogP contribution in [0.25, 0.3) is 0 Å². The molecule has 0 aliphatic carbocycles. The molecule has 2 nitrogen and oxygen atoms in total. The molecule has 0 saturated carbocycles. The lowest BCUT2D eigenvalue weighted by molar-refractivity contribution is 0.111. The first-order chi connectivity index (χ1) is 5.52. The van der Waals surface area contributed by atoms with Crippen molar-refractivity contribution in [2.75, 3.05) is 0 Å². The van der Waals surface area contributed by atoms with E-state index in [1.54, 1.807) is 0 Å². The number of hydrogen-bond acceptors (Lipinski definition) is 2. The molecule has 0 unspecified atom stereocenters. The quantitative estimate of drug-likeness (QED) is 0.686. The van der Waals surface area contributed by atoms with Gasteiger partial charge >= 0.3 is 0 Å². The predicted molar refractivity (Wildman–Crippen MR) is 48.6 cm³/mol. The monoisotopic (exact) mass is 170 g/mol. The topological polar surface area (TPSA) is 29.5 Å². The van der Waals surface area contributed by atoms with Crippen LogP contribution < -0.4 is 0 Å². The first-order valence-electron chi connectivity index (χ1n) is 4.56. The van der Waals surface area contributed by atoms with Crippen LogP contribution in [0.2, 0.25) is 0 Å². The molecule has 0 radical (unpaired) electrons. The van der Waals surface area contributed by atoms with Crippen LogP contribution in [0, 0.1) is 11.8 Å².